The second-order valence-electron chi connectivity index (χ2n) is 6.12. The molecule has 2 heterocycles. The number of amides is 1. The number of fused-ring (bicyclic) bond motifs is 1. The van der Waals surface area contributed by atoms with Gasteiger partial charge in [-0.25, -0.2) is 4.98 Å². The summed E-state index contributed by atoms with van der Waals surface area (Å²) >= 11 is 1.63. The third-order valence-electron chi connectivity index (χ3n) is 4.26. The molecule has 6 heteroatoms. The molecule has 0 radical (unpaired) electrons. The Morgan fingerprint density at radius 2 is 1.96 bits per heavy atom. The maximum absolute atomic E-state index is 12.6. The predicted octanol–water partition coefficient (Wildman–Crippen LogP) is 5.02. The highest BCUT2D eigenvalue weighted by Gasteiger charge is 2.12. The van der Waals surface area contributed by atoms with E-state index in [1.54, 1.807) is 23.5 Å². The van der Waals surface area contributed by atoms with Gasteiger partial charge in [0.15, 0.2) is 4.96 Å². The quantitative estimate of drug-likeness (QED) is 0.531. The van der Waals surface area contributed by atoms with Crippen LogP contribution in [0.3, 0.4) is 0 Å². The van der Waals surface area contributed by atoms with E-state index >= 15 is 0 Å². The molecule has 0 aliphatic heterocycles. The first-order chi connectivity index (χ1) is 13.2. The first kappa shape index (κ1) is 17.3. The Bertz CT molecular complexity index is 1100. The highest BCUT2D eigenvalue weighted by molar-refractivity contribution is 7.15. The smallest absolute Gasteiger partial charge is 0.259 e. The lowest BCUT2D eigenvalue weighted by atomic mass is 10.1. The van der Waals surface area contributed by atoms with Crippen molar-refractivity contribution in [3.8, 4) is 17.0 Å². The lowest BCUT2D eigenvalue weighted by molar-refractivity contribution is 0.102. The Hall–Kier alpha value is -3.12. The third kappa shape index (κ3) is 3.44. The average molecular weight is 377 g/mol. The Balaban J connectivity index is 1.53. The molecule has 0 aliphatic carbocycles. The average Bonchev–Trinajstić information content (AvgIpc) is 3.25. The van der Waals surface area contributed by atoms with Gasteiger partial charge in [-0.15, -0.1) is 11.3 Å². The summed E-state index contributed by atoms with van der Waals surface area (Å²) in [6.07, 6.45) is 2.03. The fraction of sp³-hybridized carbons (Fsp3) is 0.143. The summed E-state index contributed by atoms with van der Waals surface area (Å²) in [4.78, 5) is 18.2. The van der Waals surface area contributed by atoms with Crippen molar-refractivity contribution in [3.63, 3.8) is 0 Å². The van der Waals surface area contributed by atoms with E-state index < -0.39 is 0 Å². The molecule has 0 spiro atoms. The van der Waals surface area contributed by atoms with Crippen LogP contribution in [0.2, 0.25) is 0 Å². The van der Waals surface area contributed by atoms with Crippen molar-refractivity contribution in [1.82, 2.24) is 9.38 Å². The van der Waals surface area contributed by atoms with Crippen LogP contribution in [-0.2, 0) is 0 Å². The summed E-state index contributed by atoms with van der Waals surface area (Å²) in [7, 11) is 0. The van der Waals surface area contributed by atoms with Crippen LogP contribution in [-0.4, -0.2) is 21.9 Å². The molecular formula is C21H19N3O2S. The van der Waals surface area contributed by atoms with Crippen LogP contribution >= 0.6 is 11.3 Å². The summed E-state index contributed by atoms with van der Waals surface area (Å²) in [6.45, 7) is 4.48. The Morgan fingerprint density at radius 1 is 1.19 bits per heavy atom. The summed E-state index contributed by atoms with van der Waals surface area (Å²) in [6, 6.07) is 14.9. The van der Waals surface area contributed by atoms with Gasteiger partial charge in [0.2, 0.25) is 0 Å². The van der Waals surface area contributed by atoms with E-state index in [4.69, 9.17) is 4.74 Å². The van der Waals surface area contributed by atoms with E-state index in [-0.39, 0.29) is 5.91 Å². The van der Waals surface area contributed by atoms with Crippen molar-refractivity contribution in [2.75, 3.05) is 11.9 Å². The number of carbonyl (C=O) groups is 1. The number of benzene rings is 2. The normalized spacial score (nSPS) is 10.9. The molecule has 1 N–H and O–H groups in total. The number of hydrogen-bond acceptors (Lipinski definition) is 4. The molecule has 0 saturated heterocycles. The van der Waals surface area contributed by atoms with E-state index in [0.29, 0.717) is 17.9 Å². The van der Waals surface area contributed by atoms with E-state index in [1.165, 1.54) is 5.69 Å². The number of nitrogens with one attached hydrogen (secondary N) is 1. The zero-order valence-electron chi connectivity index (χ0n) is 15.1. The SMILES string of the molecule is CCOc1ccccc1C(=O)Nc1ccc(-c2cn3c(C)csc3n2)cc1. The Morgan fingerprint density at radius 3 is 2.70 bits per heavy atom. The number of carbonyl (C=O) groups excluding carboxylic acids is 1. The number of rotatable bonds is 5. The number of imidazole rings is 1. The van der Waals surface area contributed by atoms with Crippen LogP contribution < -0.4 is 10.1 Å². The van der Waals surface area contributed by atoms with Crippen LogP contribution in [0.4, 0.5) is 5.69 Å². The monoisotopic (exact) mass is 377 g/mol. The number of aromatic nitrogens is 2. The number of aryl methyl sites for hydroxylation is 1. The standard InChI is InChI=1S/C21H19N3O2S/c1-3-26-19-7-5-4-6-17(19)20(25)22-16-10-8-15(9-11-16)18-12-24-14(2)13-27-21(24)23-18/h4-13H,3H2,1-2H3,(H,22,25). The summed E-state index contributed by atoms with van der Waals surface area (Å²) in [5, 5.41) is 5.01. The van der Waals surface area contributed by atoms with Gasteiger partial charge in [-0.1, -0.05) is 24.3 Å². The second kappa shape index (κ2) is 7.25. The molecule has 0 atom stereocenters. The molecule has 0 bridgehead atoms. The minimum atomic E-state index is -0.190. The molecule has 0 saturated carbocycles. The molecule has 0 aliphatic rings. The molecule has 4 aromatic rings. The van der Waals surface area contributed by atoms with Crippen molar-refractivity contribution in [3.05, 3.63) is 71.4 Å². The molecule has 1 amide bonds. The Labute approximate surface area is 161 Å². The van der Waals surface area contributed by atoms with Crippen LogP contribution in [0.5, 0.6) is 5.75 Å². The number of hydrogen-bond donors (Lipinski definition) is 1. The van der Waals surface area contributed by atoms with Gasteiger partial charge in [0.05, 0.1) is 17.9 Å². The van der Waals surface area contributed by atoms with Crippen molar-refractivity contribution in [1.29, 1.82) is 0 Å². The number of thiazole rings is 1. The zero-order valence-corrected chi connectivity index (χ0v) is 15.9. The summed E-state index contributed by atoms with van der Waals surface area (Å²) in [5.41, 5.74) is 4.36. The molecule has 136 valence electrons. The Kier molecular flexibility index (Phi) is 4.64. The maximum atomic E-state index is 12.6. The summed E-state index contributed by atoms with van der Waals surface area (Å²) < 4.78 is 7.62. The van der Waals surface area contributed by atoms with E-state index in [1.807, 2.05) is 49.5 Å². The largest absolute Gasteiger partial charge is 0.493 e. The van der Waals surface area contributed by atoms with Gasteiger partial charge < -0.3 is 10.1 Å². The highest BCUT2D eigenvalue weighted by atomic mass is 32.1. The van der Waals surface area contributed by atoms with Gasteiger partial charge in [0.1, 0.15) is 5.75 Å². The molecule has 27 heavy (non-hydrogen) atoms. The van der Waals surface area contributed by atoms with E-state index in [2.05, 4.69) is 27.0 Å². The minimum Gasteiger partial charge on any atom is -0.493 e. The molecule has 5 nitrogen and oxygen atoms in total. The first-order valence-corrected chi connectivity index (χ1v) is 9.60. The number of nitrogens with zero attached hydrogens (tertiary/aromatic N) is 2. The lowest BCUT2D eigenvalue weighted by Gasteiger charge is -2.10. The molecule has 4 rings (SSSR count). The van der Waals surface area contributed by atoms with Gasteiger partial charge in [-0.2, -0.15) is 0 Å². The minimum absolute atomic E-state index is 0.190. The predicted molar refractivity (Wildman–Crippen MR) is 109 cm³/mol. The zero-order chi connectivity index (χ0) is 18.8. The third-order valence-corrected chi connectivity index (χ3v) is 5.22. The van der Waals surface area contributed by atoms with Crippen molar-refractivity contribution in [2.45, 2.75) is 13.8 Å². The van der Waals surface area contributed by atoms with E-state index in [9.17, 15) is 4.79 Å². The molecule has 2 aromatic carbocycles. The summed E-state index contributed by atoms with van der Waals surface area (Å²) in [5.74, 6) is 0.396. The van der Waals surface area contributed by atoms with Crippen molar-refractivity contribution < 1.29 is 9.53 Å². The van der Waals surface area contributed by atoms with Crippen LogP contribution in [0.25, 0.3) is 16.2 Å². The number of anilines is 1. The van der Waals surface area contributed by atoms with Gasteiger partial charge >= 0.3 is 0 Å². The molecule has 0 unspecified atom stereocenters. The lowest BCUT2D eigenvalue weighted by Crippen LogP contribution is -2.13. The van der Waals surface area contributed by atoms with Crippen molar-refractivity contribution in [2.24, 2.45) is 0 Å². The van der Waals surface area contributed by atoms with E-state index in [0.717, 1.165) is 21.9 Å². The maximum Gasteiger partial charge on any atom is 0.259 e. The molecule has 0 fully saturated rings. The molecule has 2 aromatic heterocycles. The van der Waals surface area contributed by atoms with Gasteiger partial charge in [0, 0.05) is 28.5 Å². The molecular weight excluding hydrogens is 358 g/mol. The number of ether oxygens (including phenoxy) is 1. The van der Waals surface area contributed by atoms with Crippen LogP contribution in [0.15, 0.2) is 60.1 Å². The fourth-order valence-corrected chi connectivity index (χ4v) is 3.74. The fourth-order valence-electron chi connectivity index (χ4n) is 2.89. The van der Waals surface area contributed by atoms with Crippen molar-refractivity contribution >= 4 is 27.9 Å². The second-order valence-corrected chi connectivity index (χ2v) is 6.95. The number of para-hydroxylation sites is 1. The van der Waals surface area contributed by atoms with Crippen LogP contribution in [0, 0.1) is 6.92 Å². The topological polar surface area (TPSA) is 55.6 Å². The highest BCUT2D eigenvalue weighted by Crippen LogP contribution is 2.25. The van der Waals surface area contributed by atoms with Gasteiger partial charge in [-0.05, 0) is 38.1 Å². The van der Waals surface area contributed by atoms with Gasteiger partial charge in [-0.3, -0.25) is 9.20 Å². The van der Waals surface area contributed by atoms with Crippen LogP contribution in [0.1, 0.15) is 23.0 Å². The van der Waals surface area contributed by atoms with Gasteiger partial charge in [0.25, 0.3) is 5.91 Å². The first-order valence-electron chi connectivity index (χ1n) is 8.72.